The van der Waals surface area contributed by atoms with Crippen molar-refractivity contribution in [2.45, 2.75) is 31.4 Å². The zero-order valence-corrected chi connectivity index (χ0v) is 13.7. The van der Waals surface area contributed by atoms with Crippen molar-refractivity contribution in [1.82, 2.24) is 5.32 Å². The minimum atomic E-state index is -1.47. The Bertz CT molecular complexity index is 808. The van der Waals surface area contributed by atoms with Crippen LogP contribution in [0.25, 0.3) is 0 Å². The molecule has 0 aliphatic carbocycles. The maximum absolute atomic E-state index is 13.3. The van der Waals surface area contributed by atoms with Crippen molar-refractivity contribution in [2.24, 2.45) is 0 Å². The summed E-state index contributed by atoms with van der Waals surface area (Å²) in [4.78, 5) is 24.2. The number of hydrogen-bond acceptors (Lipinski definition) is 3. The second-order valence-electron chi connectivity index (χ2n) is 6.35. The maximum atomic E-state index is 13.3. The third-order valence-corrected chi connectivity index (χ3v) is 4.26. The molecule has 0 radical (unpaired) electrons. The Hall–Kier alpha value is -2.89. The first-order chi connectivity index (χ1) is 11.9. The summed E-state index contributed by atoms with van der Waals surface area (Å²) < 4.78 is 18.8. The summed E-state index contributed by atoms with van der Waals surface area (Å²) in [6, 6.07) is 13.1. The highest BCUT2D eigenvalue weighted by Gasteiger charge is 2.39. The third kappa shape index (κ3) is 3.63. The molecule has 2 aromatic carbocycles. The number of benzene rings is 2. The van der Waals surface area contributed by atoms with Crippen LogP contribution < -0.4 is 10.1 Å². The molecule has 3 rings (SSSR count). The van der Waals surface area contributed by atoms with Gasteiger partial charge in [0.05, 0.1) is 0 Å². The summed E-state index contributed by atoms with van der Waals surface area (Å²) in [5, 5.41) is 12.2. The van der Waals surface area contributed by atoms with E-state index in [1.165, 1.54) is 25.1 Å². The van der Waals surface area contributed by atoms with Gasteiger partial charge in [0, 0.05) is 18.4 Å². The van der Waals surface area contributed by atoms with Gasteiger partial charge in [-0.15, -0.1) is 0 Å². The van der Waals surface area contributed by atoms with Gasteiger partial charge < -0.3 is 15.2 Å². The van der Waals surface area contributed by atoms with E-state index < -0.39 is 29.3 Å². The Balaban J connectivity index is 1.73. The number of hydrogen-bond donors (Lipinski definition) is 2. The molecule has 1 aliphatic rings. The molecule has 25 heavy (non-hydrogen) atoms. The fourth-order valence-electron chi connectivity index (χ4n) is 2.89. The molecule has 5 nitrogen and oxygen atoms in total. The summed E-state index contributed by atoms with van der Waals surface area (Å²) in [6.07, 6.45) is -0.519. The van der Waals surface area contributed by atoms with Crippen molar-refractivity contribution in [3.63, 3.8) is 0 Å². The van der Waals surface area contributed by atoms with Gasteiger partial charge in [-0.3, -0.25) is 4.79 Å². The van der Waals surface area contributed by atoms with Gasteiger partial charge in [0.25, 0.3) is 5.91 Å². The largest absolute Gasteiger partial charge is 0.480 e. The molecule has 1 aliphatic heterocycles. The number of carbonyl (C=O) groups excluding carboxylic acids is 1. The number of nitrogens with one attached hydrogen (secondary N) is 1. The molecule has 0 aromatic heterocycles. The molecule has 0 saturated carbocycles. The molecule has 2 aromatic rings. The van der Waals surface area contributed by atoms with Crippen LogP contribution in [0, 0.1) is 5.82 Å². The number of carbonyl (C=O) groups is 2. The molecule has 0 bridgehead atoms. The number of carboxylic acid groups (broad SMARTS) is 1. The number of halogens is 1. The van der Waals surface area contributed by atoms with E-state index in [0.29, 0.717) is 11.3 Å². The number of aliphatic carboxylic acids is 1. The Morgan fingerprint density at radius 3 is 2.68 bits per heavy atom. The minimum absolute atomic E-state index is 0.142. The molecule has 6 heteroatoms. The topological polar surface area (TPSA) is 75.6 Å². The minimum Gasteiger partial charge on any atom is -0.480 e. The van der Waals surface area contributed by atoms with Gasteiger partial charge in [-0.2, -0.15) is 0 Å². The number of rotatable bonds is 5. The summed E-state index contributed by atoms with van der Waals surface area (Å²) in [5.41, 5.74) is -0.0763. The van der Waals surface area contributed by atoms with E-state index in [0.717, 1.165) is 5.56 Å². The second kappa shape index (κ2) is 6.55. The van der Waals surface area contributed by atoms with Crippen LogP contribution in [0.5, 0.6) is 5.75 Å². The highest BCUT2D eigenvalue weighted by molar-refractivity contribution is 5.89. The van der Waals surface area contributed by atoms with Crippen molar-refractivity contribution in [2.75, 3.05) is 0 Å². The molecule has 0 saturated heterocycles. The van der Waals surface area contributed by atoms with Gasteiger partial charge >= 0.3 is 5.97 Å². The summed E-state index contributed by atoms with van der Waals surface area (Å²) in [7, 11) is 0. The number of carboxylic acids is 1. The number of amides is 1. The van der Waals surface area contributed by atoms with Crippen molar-refractivity contribution < 1.29 is 23.8 Å². The van der Waals surface area contributed by atoms with Crippen molar-refractivity contribution in [3.8, 4) is 5.75 Å². The van der Waals surface area contributed by atoms with E-state index in [9.17, 15) is 19.1 Å². The highest BCUT2D eigenvalue weighted by atomic mass is 19.1. The van der Waals surface area contributed by atoms with Crippen molar-refractivity contribution in [1.29, 1.82) is 0 Å². The maximum Gasteiger partial charge on any atom is 0.329 e. The van der Waals surface area contributed by atoms with Gasteiger partial charge in [-0.1, -0.05) is 30.3 Å². The second-order valence-corrected chi connectivity index (χ2v) is 6.35. The number of ether oxygens (including phenoxy) is 1. The molecule has 2 unspecified atom stereocenters. The van der Waals surface area contributed by atoms with Crippen LogP contribution >= 0.6 is 0 Å². The van der Waals surface area contributed by atoms with E-state index in [-0.39, 0.29) is 12.8 Å². The van der Waals surface area contributed by atoms with E-state index in [4.69, 9.17) is 4.74 Å². The standard InChI is InChI=1S/C19H18FNO4/c1-19(18(23)24,11-12-5-3-2-4-6-12)21-17(22)16-10-13-9-14(20)7-8-15(13)25-16/h2-9,16H,10-11H2,1H3,(H,21,22)(H,23,24). The Labute approximate surface area is 144 Å². The van der Waals surface area contributed by atoms with Crippen LogP contribution in [-0.4, -0.2) is 28.6 Å². The van der Waals surface area contributed by atoms with E-state index in [1.807, 2.05) is 18.2 Å². The van der Waals surface area contributed by atoms with Crippen molar-refractivity contribution >= 4 is 11.9 Å². The Morgan fingerprint density at radius 1 is 1.28 bits per heavy atom. The summed E-state index contributed by atoms with van der Waals surface area (Å²) in [5.74, 6) is -1.62. The first kappa shape index (κ1) is 17.0. The van der Waals surface area contributed by atoms with E-state index >= 15 is 0 Å². The SMILES string of the molecule is CC(Cc1ccccc1)(NC(=O)C1Cc2cc(F)ccc2O1)C(=O)O. The van der Waals surface area contributed by atoms with Crippen LogP contribution in [0.15, 0.2) is 48.5 Å². The lowest BCUT2D eigenvalue weighted by Crippen LogP contribution is -2.56. The summed E-state index contributed by atoms with van der Waals surface area (Å²) >= 11 is 0. The average Bonchev–Trinajstić information content (AvgIpc) is 2.98. The van der Waals surface area contributed by atoms with Gasteiger partial charge in [0.2, 0.25) is 0 Å². The number of fused-ring (bicyclic) bond motifs is 1. The van der Waals surface area contributed by atoms with Crippen LogP contribution in [0.2, 0.25) is 0 Å². The zero-order chi connectivity index (χ0) is 18.0. The smallest absolute Gasteiger partial charge is 0.329 e. The quantitative estimate of drug-likeness (QED) is 0.874. The summed E-state index contributed by atoms with van der Waals surface area (Å²) in [6.45, 7) is 1.46. The fourth-order valence-corrected chi connectivity index (χ4v) is 2.89. The van der Waals surface area contributed by atoms with E-state index in [1.54, 1.807) is 12.1 Å². The lowest BCUT2D eigenvalue weighted by atomic mass is 9.92. The molecule has 0 spiro atoms. The van der Waals surface area contributed by atoms with Gasteiger partial charge in [-0.05, 0) is 30.7 Å². The first-order valence-corrected chi connectivity index (χ1v) is 7.92. The van der Waals surface area contributed by atoms with Gasteiger partial charge in [0.15, 0.2) is 6.10 Å². The Morgan fingerprint density at radius 2 is 2.00 bits per heavy atom. The van der Waals surface area contributed by atoms with Crippen molar-refractivity contribution in [3.05, 3.63) is 65.5 Å². The zero-order valence-electron chi connectivity index (χ0n) is 13.7. The first-order valence-electron chi connectivity index (χ1n) is 7.92. The van der Waals surface area contributed by atoms with Crippen LogP contribution in [-0.2, 0) is 22.4 Å². The predicted octanol–water partition coefficient (Wildman–Crippen LogP) is 2.33. The molecule has 1 amide bonds. The molecule has 130 valence electrons. The third-order valence-electron chi connectivity index (χ3n) is 4.26. The van der Waals surface area contributed by atoms with Crippen LogP contribution in [0.3, 0.4) is 0 Å². The molecule has 2 atom stereocenters. The van der Waals surface area contributed by atoms with Gasteiger partial charge in [-0.25, -0.2) is 9.18 Å². The highest BCUT2D eigenvalue weighted by Crippen LogP contribution is 2.29. The molecule has 2 N–H and O–H groups in total. The van der Waals surface area contributed by atoms with E-state index in [2.05, 4.69) is 5.32 Å². The van der Waals surface area contributed by atoms with Crippen LogP contribution in [0.4, 0.5) is 4.39 Å². The molecular weight excluding hydrogens is 325 g/mol. The molecular formula is C19H18FNO4. The monoisotopic (exact) mass is 343 g/mol. The van der Waals surface area contributed by atoms with Crippen LogP contribution in [0.1, 0.15) is 18.1 Å². The molecule has 1 heterocycles. The lowest BCUT2D eigenvalue weighted by Gasteiger charge is -2.27. The average molecular weight is 343 g/mol. The normalized spacial score (nSPS) is 17.9. The van der Waals surface area contributed by atoms with Gasteiger partial charge in [0.1, 0.15) is 17.1 Å². The Kier molecular flexibility index (Phi) is 4.44. The predicted molar refractivity (Wildman–Crippen MR) is 88.8 cm³/mol. The molecule has 0 fully saturated rings. The lowest BCUT2D eigenvalue weighted by molar-refractivity contribution is -0.148. The fraction of sp³-hybridized carbons (Fsp3) is 0.263.